The van der Waals surface area contributed by atoms with Gasteiger partial charge in [0.1, 0.15) is 11.6 Å². The normalized spacial score (nSPS) is 14.3. The van der Waals surface area contributed by atoms with Crippen molar-refractivity contribution in [2.75, 3.05) is 25.0 Å². The number of likely N-dealkylation sites (tertiary alicyclic amines) is 1. The van der Waals surface area contributed by atoms with E-state index in [9.17, 15) is 23.2 Å². The molecule has 1 heterocycles. The van der Waals surface area contributed by atoms with Gasteiger partial charge in [0.05, 0.1) is 5.92 Å². The maximum atomic E-state index is 13.5. The summed E-state index contributed by atoms with van der Waals surface area (Å²) in [7, 11) is 0. The number of halogens is 2. The van der Waals surface area contributed by atoms with E-state index in [0.29, 0.717) is 37.1 Å². The van der Waals surface area contributed by atoms with E-state index in [1.165, 1.54) is 36.4 Å². The highest BCUT2D eigenvalue weighted by Crippen LogP contribution is 2.21. The summed E-state index contributed by atoms with van der Waals surface area (Å²) >= 11 is 0. The number of carbonyl (C=O) groups is 3. The number of piperidine rings is 1. The molecule has 6 nitrogen and oxygen atoms in total. The van der Waals surface area contributed by atoms with Crippen LogP contribution in [0, 0.1) is 24.5 Å². The number of anilines is 1. The zero-order chi connectivity index (χ0) is 21.7. The van der Waals surface area contributed by atoms with E-state index in [-0.39, 0.29) is 11.6 Å². The van der Waals surface area contributed by atoms with Gasteiger partial charge in [-0.3, -0.25) is 14.4 Å². The standard InChI is InChI=1S/C22H22F2N2O4/c1-14-2-7-18(12-19(14)24)25-20(27)13-30-22(29)16-8-10-26(11-9-16)21(28)15-3-5-17(23)6-4-15/h2-7,12,16H,8-11,13H2,1H3,(H,25,27). The Morgan fingerprint density at radius 2 is 1.73 bits per heavy atom. The van der Waals surface area contributed by atoms with Crippen molar-refractivity contribution in [3.63, 3.8) is 0 Å². The minimum Gasteiger partial charge on any atom is -0.455 e. The second kappa shape index (κ2) is 9.47. The lowest BCUT2D eigenvalue weighted by atomic mass is 9.96. The van der Waals surface area contributed by atoms with Crippen LogP contribution >= 0.6 is 0 Å². The molecule has 8 heteroatoms. The van der Waals surface area contributed by atoms with E-state index < -0.39 is 36.0 Å². The Bertz CT molecular complexity index is 939. The van der Waals surface area contributed by atoms with Crippen LogP contribution in [0.1, 0.15) is 28.8 Å². The minimum absolute atomic E-state index is 0.216. The number of hydrogen-bond donors (Lipinski definition) is 1. The molecule has 1 fully saturated rings. The van der Waals surface area contributed by atoms with E-state index in [4.69, 9.17) is 4.74 Å². The Hall–Kier alpha value is -3.29. The first-order valence-corrected chi connectivity index (χ1v) is 9.61. The van der Waals surface area contributed by atoms with Crippen molar-refractivity contribution in [2.24, 2.45) is 5.92 Å². The van der Waals surface area contributed by atoms with Crippen molar-refractivity contribution in [3.8, 4) is 0 Å². The highest BCUT2D eigenvalue weighted by Gasteiger charge is 2.29. The summed E-state index contributed by atoms with van der Waals surface area (Å²) in [5.41, 5.74) is 1.14. The summed E-state index contributed by atoms with van der Waals surface area (Å²) in [5, 5.41) is 2.48. The maximum absolute atomic E-state index is 13.5. The summed E-state index contributed by atoms with van der Waals surface area (Å²) in [6.07, 6.45) is 0.827. The van der Waals surface area contributed by atoms with E-state index in [1.54, 1.807) is 17.9 Å². The first-order chi connectivity index (χ1) is 14.3. The predicted molar refractivity (Wildman–Crippen MR) is 106 cm³/mol. The molecule has 0 aromatic heterocycles. The predicted octanol–water partition coefficient (Wildman–Crippen LogP) is 3.31. The van der Waals surface area contributed by atoms with Gasteiger partial charge in [-0.05, 0) is 61.7 Å². The van der Waals surface area contributed by atoms with Crippen molar-refractivity contribution < 1.29 is 27.9 Å². The molecule has 2 aromatic carbocycles. The largest absolute Gasteiger partial charge is 0.455 e. The first-order valence-electron chi connectivity index (χ1n) is 9.61. The van der Waals surface area contributed by atoms with Crippen LogP contribution < -0.4 is 5.32 Å². The molecular weight excluding hydrogens is 394 g/mol. The van der Waals surface area contributed by atoms with Crippen LogP contribution in [0.2, 0.25) is 0 Å². The monoisotopic (exact) mass is 416 g/mol. The Balaban J connectivity index is 1.43. The maximum Gasteiger partial charge on any atom is 0.309 e. The van der Waals surface area contributed by atoms with Crippen LogP contribution in [0.3, 0.4) is 0 Å². The quantitative estimate of drug-likeness (QED) is 0.759. The van der Waals surface area contributed by atoms with Crippen LogP contribution in [0.25, 0.3) is 0 Å². The van der Waals surface area contributed by atoms with Crippen molar-refractivity contribution in [2.45, 2.75) is 19.8 Å². The molecule has 0 atom stereocenters. The number of esters is 1. The van der Waals surface area contributed by atoms with E-state index in [0.717, 1.165) is 0 Å². The number of carbonyl (C=O) groups excluding carboxylic acids is 3. The lowest BCUT2D eigenvalue weighted by molar-refractivity contribution is -0.152. The molecule has 0 unspecified atom stereocenters. The lowest BCUT2D eigenvalue weighted by Gasteiger charge is -2.31. The minimum atomic E-state index is -0.560. The summed E-state index contributed by atoms with van der Waals surface area (Å²) in [6.45, 7) is 1.87. The number of rotatable bonds is 5. The van der Waals surface area contributed by atoms with Crippen molar-refractivity contribution in [1.29, 1.82) is 0 Å². The molecule has 0 bridgehead atoms. The van der Waals surface area contributed by atoms with Crippen LogP contribution in [-0.2, 0) is 14.3 Å². The van der Waals surface area contributed by atoms with Crippen LogP contribution in [-0.4, -0.2) is 42.4 Å². The number of nitrogens with zero attached hydrogens (tertiary/aromatic N) is 1. The zero-order valence-electron chi connectivity index (χ0n) is 16.5. The molecule has 0 radical (unpaired) electrons. The third-order valence-corrected chi connectivity index (χ3v) is 5.01. The molecule has 2 aromatic rings. The van der Waals surface area contributed by atoms with Crippen molar-refractivity contribution in [3.05, 3.63) is 65.2 Å². The van der Waals surface area contributed by atoms with Gasteiger partial charge < -0.3 is 15.0 Å². The summed E-state index contributed by atoms with van der Waals surface area (Å²) in [4.78, 5) is 38.2. The Morgan fingerprint density at radius 3 is 2.37 bits per heavy atom. The number of hydrogen-bond acceptors (Lipinski definition) is 4. The third-order valence-electron chi connectivity index (χ3n) is 5.01. The van der Waals surface area contributed by atoms with Gasteiger partial charge in [-0.1, -0.05) is 6.07 Å². The van der Waals surface area contributed by atoms with Crippen LogP contribution in [0.5, 0.6) is 0 Å². The SMILES string of the molecule is Cc1ccc(NC(=O)COC(=O)C2CCN(C(=O)c3ccc(F)cc3)CC2)cc1F. The Labute approximate surface area is 172 Å². The number of amides is 2. The van der Waals surface area contributed by atoms with Gasteiger partial charge in [-0.2, -0.15) is 0 Å². The van der Waals surface area contributed by atoms with Crippen molar-refractivity contribution >= 4 is 23.5 Å². The molecule has 0 saturated carbocycles. The molecular formula is C22H22F2N2O4. The number of aryl methyl sites for hydroxylation is 1. The van der Waals surface area contributed by atoms with Crippen LogP contribution in [0.15, 0.2) is 42.5 Å². The van der Waals surface area contributed by atoms with Gasteiger partial charge in [0.25, 0.3) is 11.8 Å². The molecule has 30 heavy (non-hydrogen) atoms. The summed E-state index contributed by atoms with van der Waals surface area (Å²) < 4.78 is 31.6. The van der Waals surface area contributed by atoms with Gasteiger partial charge in [-0.25, -0.2) is 8.78 Å². The second-order valence-electron chi connectivity index (χ2n) is 7.19. The fraction of sp³-hybridized carbons (Fsp3) is 0.318. The third kappa shape index (κ3) is 5.40. The number of nitrogens with one attached hydrogen (secondary N) is 1. The molecule has 3 rings (SSSR count). The lowest BCUT2D eigenvalue weighted by Crippen LogP contribution is -2.41. The first kappa shape index (κ1) is 21.4. The smallest absolute Gasteiger partial charge is 0.309 e. The fourth-order valence-corrected chi connectivity index (χ4v) is 3.22. The van der Waals surface area contributed by atoms with Gasteiger partial charge in [-0.15, -0.1) is 0 Å². The molecule has 1 N–H and O–H groups in total. The topological polar surface area (TPSA) is 75.7 Å². The average molecular weight is 416 g/mol. The van der Waals surface area contributed by atoms with Crippen LogP contribution in [0.4, 0.5) is 14.5 Å². The highest BCUT2D eigenvalue weighted by atomic mass is 19.1. The van der Waals surface area contributed by atoms with Crippen molar-refractivity contribution in [1.82, 2.24) is 4.90 Å². The summed E-state index contributed by atoms with van der Waals surface area (Å²) in [6, 6.07) is 9.61. The Morgan fingerprint density at radius 1 is 1.07 bits per heavy atom. The van der Waals surface area contributed by atoms with Gasteiger partial charge in [0.2, 0.25) is 0 Å². The van der Waals surface area contributed by atoms with E-state index in [2.05, 4.69) is 5.32 Å². The van der Waals surface area contributed by atoms with Gasteiger partial charge >= 0.3 is 5.97 Å². The zero-order valence-corrected chi connectivity index (χ0v) is 16.5. The molecule has 1 aliphatic heterocycles. The molecule has 2 amide bonds. The van der Waals surface area contributed by atoms with E-state index >= 15 is 0 Å². The van der Waals surface area contributed by atoms with E-state index in [1.807, 2.05) is 0 Å². The molecule has 1 saturated heterocycles. The molecule has 0 aliphatic carbocycles. The number of benzene rings is 2. The number of ether oxygens (including phenoxy) is 1. The second-order valence-corrected chi connectivity index (χ2v) is 7.19. The fourth-order valence-electron chi connectivity index (χ4n) is 3.22. The Kier molecular flexibility index (Phi) is 6.76. The summed E-state index contributed by atoms with van der Waals surface area (Å²) in [5.74, 6) is -2.54. The van der Waals surface area contributed by atoms with Gasteiger partial charge in [0, 0.05) is 24.3 Å². The highest BCUT2D eigenvalue weighted by molar-refractivity contribution is 5.94. The average Bonchev–Trinajstić information content (AvgIpc) is 2.75. The molecule has 158 valence electrons. The van der Waals surface area contributed by atoms with Gasteiger partial charge in [0.15, 0.2) is 6.61 Å². The molecule has 1 aliphatic rings. The molecule has 0 spiro atoms.